The molecule has 1 aromatic heterocycles. The van der Waals surface area contributed by atoms with Crippen molar-refractivity contribution in [1.29, 1.82) is 0 Å². The van der Waals surface area contributed by atoms with E-state index in [2.05, 4.69) is 10.2 Å². The van der Waals surface area contributed by atoms with Gasteiger partial charge in [0.25, 0.3) is 5.56 Å². The van der Waals surface area contributed by atoms with E-state index in [9.17, 15) is 4.79 Å². The van der Waals surface area contributed by atoms with Gasteiger partial charge in [0.05, 0.1) is 16.6 Å². The van der Waals surface area contributed by atoms with E-state index in [1.165, 1.54) is 0 Å². The summed E-state index contributed by atoms with van der Waals surface area (Å²) in [7, 11) is 0. The predicted octanol–water partition coefficient (Wildman–Crippen LogP) is 1.04. The van der Waals surface area contributed by atoms with Crippen LogP contribution in [0, 0.1) is 0 Å². The Hall–Kier alpha value is -1.39. The largest absolute Gasteiger partial charge is 0.326 e. The second-order valence-electron chi connectivity index (χ2n) is 2.90. The van der Waals surface area contributed by atoms with Crippen LogP contribution in [-0.4, -0.2) is 10.2 Å². The molecule has 4 nitrogen and oxygen atoms in total. The van der Waals surface area contributed by atoms with Crippen LogP contribution in [-0.2, 0) is 6.54 Å². The molecule has 0 saturated heterocycles. The number of hydrogen-bond acceptors (Lipinski definition) is 3. The normalized spacial score (nSPS) is 10.7. The first kappa shape index (κ1) is 9.18. The van der Waals surface area contributed by atoms with E-state index < -0.39 is 0 Å². The Kier molecular flexibility index (Phi) is 2.23. The number of benzene rings is 1. The van der Waals surface area contributed by atoms with Gasteiger partial charge in [-0.2, -0.15) is 5.10 Å². The van der Waals surface area contributed by atoms with Gasteiger partial charge >= 0.3 is 0 Å². The molecule has 0 amide bonds. The first-order valence-corrected chi connectivity index (χ1v) is 4.46. The number of nitrogens with zero attached hydrogens (tertiary/aromatic N) is 1. The molecule has 0 aliphatic rings. The summed E-state index contributed by atoms with van der Waals surface area (Å²) in [4.78, 5) is 11.4. The van der Waals surface area contributed by atoms with Crippen molar-refractivity contribution in [3.05, 3.63) is 39.3 Å². The minimum Gasteiger partial charge on any atom is -0.326 e. The fourth-order valence-corrected chi connectivity index (χ4v) is 1.65. The predicted molar refractivity (Wildman–Crippen MR) is 55.3 cm³/mol. The molecule has 0 aliphatic carbocycles. The highest BCUT2D eigenvalue weighted by Gasteiger charge is 2.06. The standard InChI is InChI=1S/C9H8ClN3O/c10-7-2-1-5(3-11)6-4-12-13-9(14)8(6)7/h1-2,4H,3,11H2,(H,13,14). The summed E-state index contributed by atoms with van der Waals surface area (Å²) < 4.78 is 0. The zero-order valence-corrected chi connectivity index (χ0v) is 8.01. The smallest absolute Gasteiger partial charge is 0.273 e. The van der Waals surface area contributed by atoms with Crippen LogP contribution in [0.1, 0.15) is 5.56 Å². The summed E-state index contributed by atoms with van der Waals surface area (Å²) in [5, 5.41) is 7.62. The van der Waals surface area contributed by atoms with E-state index in [0.717, 1.165) is 5.56 Å². The van der Waals surface area contributed by atoms with Gasteiger partial charge in [0.15, 0.2) is 0 Å². The van der Waals surface area contributed by atoms with E-state index in [1.807, 2.05) is 0 Å². The van der Waals surface area contributed by atoms with Crippen LogP contribution >= 0.6 is 11.6 Å². The minimum absolute atomic E-state index is 0.289. The van der Waals surface area contributed by atoms with Gasteiger partial charge in [-0.05, 0) is 11.6 Å². The van der Waals surface area contributed by atoms with E-state index in [4.69, 9.17) is 17.3 Å². The average Bonchev–Trinajstić information content (AvgIpc) is 2.18. The number of fused-ring (bicyclic) bond motifs is 1. The summed E-state index contributed by atoms with van der Waals surface area (Å²) in [6.07, 6.45) is 1.56. The molecule has 0 aliphatic heterocycles. The first-order valence-electron chi connectivity index (χ1n) is 4.09. The maximum atomic E-state index is 11.4. The summed E-state index contributed by atoms with van der Waals surface area (Å²) >= 11 is 5.90. The van der Waals surface area contributed by atoms with Gasteiger partial charge in [0.1, 0.15) is 0 Å². The van der Waals surface area contributed by atoms with Gasteiger partial charge in [-0.1, -0.05) is 17.7 Å². The van der Waals surface area contributed by atoms with Crippen molar-refractivity contribution >= 4 is 22.4 Å². The fourth-order valence-electron chi connectivity index (χ4n) is 1.40. The average molecular weight is 210 g/mol. The van der Waals surface area contributed by atoms with Crippen LogP contribution in [0.5, 0.6) is 0 Å². The van der Waals surface area contributed by atoms with Gasteiger partial charge in [0, 0.05) is 11.9 Å². The molecular weight excluding hydrogens is 202 g/mol. The molecule has 0 bridgehead atoms. The first-order chi connectivity index (χ1) is 6.74. The Morgan fingerprint density at radius 2 is 2.29 bits per heavy atom. The highest BCUT2D eigenvalue weighted by molar-refractivity contribution is 6.35. The molecule has 5 heteroatoms. The Labute approximate surface area is 84.7 Å². The molecule has 0 saturated carbocycles. The van der Waals surface area contributed by atoms with E-state index in [-0.39, 0.29) is 5.56 Å². The molecule has 1 heterocycles. The minimum atomic E-state index is -0.289. The van der Waals surface area contributed by atoms with Gasteiger partial charge in [-0.15, -0.1) is 0 Å². The van der Waals surface area contributed by atoms with Crippen molar-refractivity contribution in [3.8, 4) is 0 Å². The second kappa shape index (κ2) is 3.40. The number of aromatic amines is 1. The zero-order chi connectivity index (χ0) is 10.1. The van der Waals surface area contributed by atoms with Crippen LogP contribution in [0.25, 0.3) is 10.8 Å². The molecule has 14 heavy (non-hydrogen) atoms. The van der Waals surface area contributed by atoms with Crippen molar-refractivity contribution in [1.82, 2.24) is 10.2 Å². The molecule has 0 unspecified atom stereocenters. The molecule has 0 fully saturated rings. The summed E-state index contributed by atoms with van der Waals surface area (Å²) in [5.74, 6) is 0. The molecular formula is C9H8ClN3O. The van der Waals surface area contributed by atoms with Gasteiger partial charge in [-0.3, -0.25) is 4.79 Å². The van der Waals surface area contributed by atoms with Crippen molar-refractivity contribution in [2.24, 2.45) is 5.73 Å². The molecule has 0 radical (unpaired) electrons. The van der Waals surface area contributed by atoms with E-state index in [1.54, 1.807) is 18.3 Å². The SMILES string of the molecule is NCc1ccc(Cl)c2c(=O)[nH]ncc12. The molecule has 3 N–H and O–H groups in total. The quantitative estimate of drug-likeness (QED) is 0.737. The number of nitrogens with one attached hydrogen (secondary N) is 1. The molecule has 2 aromatic rings. The third kappa shape index (κ3) is 1.29. The van der Waals surface area contributed by atoms with Gasteiger partial charge < -0.3 is 5.73 Å². The molecule has 2 rings (SSSR count). The van der Waals surface area contributed by atoms with Crippen molar-refractivity contribution in [3.63, 3.8) is 0 Å². The lowest BCUT2D eigenvalue weighted by Gasteiger charge is -2.03. The van der Waals surface area contributed by atoms with Crippen molar-refractivity contribution < 1.29 is 0 Å². The van der Waals surface area contributed by atoms with Crippen LogP contribution in [0.3, 0.4) is 0 Å². The number of hydrogen-bond donors (Lipinski definition) is 2. The lowest BCUT2D eigenvalue weighted by molar-refractivity contribution is 1.00. The van der Waals surface area contributed by atoms with Crippen molar-refractivity contribution in [2.75, 3.05) is 0 Å². The number of nitrogens with two attached hydrogens (primary N) is 1. The number of rotatable bonds is 1. The Balaban J connectivity index is 2.99. The topological polar surface area (TPSA) is 71.8 Å². The van der Waals surface area contributed by atoms with E-state index in [0.29, 0.717) is 22.3 Å². The maximum Gasteiger partial charge on any atom is 0.273 e. The Morgan fingerprint density at radius 3 is 3.00 bits per heavy atom. The van der Waals surface area contributed by atoms with Crippen LogP contribution in [0.2, 0.25) is 5.02 Å². The van der Waals surface area contributed by atoms with Crippen LogP contribution in [0.4, 0.5) is 0 Å². The fraction of sp³-hybridized carbons (Fsp3) is 0.111. The number of aromatic nitrogens is 2. The summed E-state index contributed by atoms with van der Waals surface area (Å²) in [6, 6.07) is 3.47. The highest BCUT2D eigenvalue weighted by atomic mass is 35.5. The zero-order valence-electron chi connectivity index (χ0n) is 7.25. The summed E-state index contributed by atoms with van der Waals surface area (Å²) in [5.41, 5.74) is 6.11. The van der Waals surface area contributed by atoms with Crippen LogP contribution < -0.4 is 11.3 Å². The monoisotopic (exact) mass is 209 g/mol. The Morgan fingerprint density at radius 1 is 1.50 bits per heavy atom. The lowest BCUT2D eigenvalue weighted by Crippen LogP contribution is -2.10. The molecule has 1 aromatic carbocycles. The van der Waals surface area contributed by atoms with Crippen molar-refractivity contribution in [2.45, 2.75) is 6.54 Å². The third-order valence-electron chi connectivity index (χ3n) is 2.09. The molecule has 72 valence electrons. The summed E-state index contributed by atoms with van der Waals surface area (Å²) in [6.45, 7) is 0.360. The Bertz CT molecular complexity index is 535. The van der Waals surface area contributed by atoms with Gasteiger partial charge in [0.2, 0.25) is 0 Å². The number of halogens is 1. The third-order valence-corrected chi connectivity index (χ3v) is 2.41. The molecule has 0 spiro atoms. The van der Waals surface area contributed by atoms with Crippen LogP contribution in [0.15, 0.2) is 23.1 Å². The maximum absolute atomic E-state index is 11.4. The van der Waals surface area contributed by atoms with Gasteiger partial charge in [-0.25, -0.2) is 5.10 Å². The number of H-pyrrole nitrogens is 1. The van der Waals surface area contributed by atoms with E-state index >= 15 is 0 Å². The second-order valence-corrected chi connectivity index (χ2v) is 3.31. The molecule has 0 atom stereocenters. The lowest BCUT2D eigenvalue weighted by atomic mass is 10.1. The highest BCUT2D eigenvalue weighted by Crippen LogP contribution is 2.22.